The molecule has 0 bridgehead atoms. The molecular formula is C35H36N2O4S2. The van der Waals surface area contributed by atoms with Gasteiger partial charge in [-0.05, 0) is 73.4 Å². The largest absolute Gasteiger partial charge is 0.462 e. The lowest BCUT2D eigenvalue weighted by Crippen LogP contribution is -2.25. The molecule has 1 aliphatic rings. The van der Waals surface area contributed by atoms with Gasteiger partial charge in [-0.25, -0.2) is 4.79 Å². The molecule has 4 aromatic rings. The Bertz CT molecular complexity index is 1570. The molecule has 0 radical (unpaired) electrons. The van der Waals surface area contributed by atoms with E-state index < -0.39 is 0 Å². The normalized spacial score (nSPS) is 14.8. The first kappa shape index (κ1) is 30.6. The SMILES string of the molecule is CCOC(=O)c1c(NC(=O)C(CC)Sc2cccc(NC(=O)Cc3ccccc3)c2)sc2c1CCC(c1ccccc1)C2. The summed E-state index contributed by atoms with van der Waals surface area (Å²) in [7, 11) is 0. The first-order valence-electron chi connectivity index (χ1n) is 14.7. The third-order valence-electron chi connectivity index (χ3n) is 7.52. The Balaban J connectivity index is 1.29. The van der Waals surface area contributed by atoms with Crippen LogP contribution < -0.4 is 10.6 Å². The van der Waals surface area contributed by atoms with Crippen LogP contribution in [0.15, 0.2) is 89.8 Å². The third kappa shape index (κ3) is 7.75. The first-order valence-corrected chi connectivity index (χ1v) is 16.4. The van der Waals surface area contributed by atoms with Crippen molar-refractivity contribution < 1.29 is 19.1 Å². The number of anilines is 2. The number of esters is 1. The second-order valence-electron chi connectivity index (χ2n) is 10.5. The number of carbonyl (C=O) groups is 3. The van der Waals surface area contributed by atoms with E-state index in [1.165, 1.54) is 28.7 Å². The highest BCUT2D eigenvalue weighted by Crippen LogP contribution is 2.43. The van der Waals surface area contributed by atoms with Crippen molar-refractivity contribution in [1.29, 1.82) is 0 Å². The Morgan fingerprint density at radius 1 is 0.953 bits per heavy atom. The Kier molecular flexibility index (Phi) is 10.3. The zero-order valence-corrected chi connectivity index (χ0v) is 26.1. The summed E-state index contributed by atoms with van der Waals surface area (Å²) in [6.07, 6.45) is 3.43. The van der Waals surface area contributed by atoms with Crippen molar-refractivity contribution in [2.24, 2.45) is 0 Å². The number of rotatable bonds is 11. The van der Waals surface area contributed by atoms with E-state index in [4.69, 9.17) is 4.74 Å². The van der Waals surface area contributed by atoms with E-state index in [9.17, 15) is 14.4 Å². The molecule has 0 aliphatic heterocycles. The number of fused-ring (bicyclic) bond motifs is 1. The van der Waals surface area contributed by atoms with Gasteiger partial charge in [0.15, 0.2) is 0 Å². The third-order valence-corrected chi connectivity index (χ3v) is 10.0. The number of ether oxygens (including phenoxy) is 1. The van der Waals surface area contributed by atoms with Crippen LogP contribution in [-0.2, 0) is 33.6 Å². The van der Waals surface area contributed by atoms with E-state index in [1.54, 1.807) is 6.92 Å². The molecule has 1 aliphatic carbocycles. The number of benzene rings is 3. The molecule has 0 fully saturated rings. The molecule has 3 aromatic carbocycles. The van der Waals surface area contributed by atoms with Gasteiger partial charge in [0.2, 0.25) is 11.8 Å². The summed E-state index contributed by atoms with van der Waals surface area (Å²) in [6, 6.07) is 27.6. The molecule has 0 saturated heterocycles. The molecule has 1 aromatic heterocycles. The van der Waals surface area contributed by atoms with Crippen molar-refractivity contribution in [3.63, 3.8) is 0 Å². The highest BCUT2D eigenvalue weighted by molar-refractivity contribution is 8.00. The van der Waals surface area contributed by atoms with Crippen LogP contribution in [0.5, 0.6) is 0 Å². The first-order chi connectivity index (χ1) is 20.9. The Morgan fingerprint density at radius 3 is 2.42 bits per heavy atom. The van der Waals surface area contributed by atoms with E-state index >= 15 is 0 Å². The van der Waals surface area contributed by atoms with Crippen LogP contribution in [0.2, 0.25) is 0 Å². The molecule has 0 saturated carbocycles. The van der Waals surface area contributed by atoms with Crippen LogP contribution >= 0.6 is 23.1 Å². The van der Waals surface area contributed by atoms with Crippen molar-refractivity contribution in [2.45, 2.75) is 62.0 Å². The molecule has 2 unspecified atom stereocenters. The van der Waals surface area contributed by atoms with E-state index in [1.807, 2.05) is 67.6 Å². The average molecular weight is 613 g/mol. The number of hydrogen-bond donors (Lipinski definition) is 2. The summed E-state index contributed by atoms with van der Waals surface area (Å²) < 4.78 is 5.43. The fourth-order valence-corrected chi connectivity index (χ4v) is 7.75. The van der Waals surface area contributed by atoms with Gasteiger partial charge in [0, 0.05) is 15.5 Å². The van der Waals surface area contributed by atoms with Crippen LogP contribution in [0.25, 0.3) is 0 Å². The van der Waals surface area contributed by atoms with E-state index in [0.29, 0.717) is 28.6 Å². The lowest BCUT2D eigenvalue weighted by atomic mass is 9.83. The maximum atomic E-state index is 13.6. The summed E-state index contributed by atoms with van der Waals surface area (Å²) in [4.78, 5) is 41.3. The molecule has 8 heteroatoms. The van der Waals surface area contributed by atoms with Crippen LogP contribution in [-0.4, -0.2) is 29.6 Å². The van der Waals surface area contributed by atoms with Gasteiger partial charge in [0.25, 0.3) is 0 Å². The Hall–Kier alpha value is -3.88. The van der Waals surface area contributed by atoms with Gasteiger partial charge in [-0.2, -0.15) is 0 Å². The van der Waals surface area contributed by atoms with Gasteiger partial charge in [-0.1, -0.05) is 73.7 Å². The highest BCUT2D eigenvalue weighted by Gasteiger charge is 2.32. The van der Waals surface area contributed by atoms with Crippen molar-refractivity contribution in [3.8, 4) is 0 Å². The van der Waals surface area contributed by atoms with Gasteiger partial charge in [-0.3, -0.25) is 9.59 Å². The van der Waals surface area contributed by atoms with E-state index in [-0.39, 0.29) is 36.1 Å². The maximum Gasteiger partial charge on any atom is 0.341 e. The number of carbonyl (C=O) groups excluding carboxylic acids is 3. The van der Waals surface area contributed by atoms with Gasteiger partial charge in [-0.15, -0.1) is 23.1 Å². The molecular weight excluding hydrogens is 577 g/mol. The smallest absolute Gasteiger partial charge is 0.341 e. The van der Waals surface area contributed by atoms with Crippen LogP contribution in [0, 0.1) is 0 Å². The van der Waals surface area contributed by atoms with Crippen molar-refractivity contribution >= 4 is 51.6 Å². The molecule has 2 N–H and O–H groups in total. The topological polar surface area (TPSA) is 84.5 Å². The van der Waals surface area contributed by atoms with E-state index in [0.717, 1.165) is 40.2 Å². The van der Waals surface area contributed by atoms with Gasteiger partial charge in [0.1, 0.15) is 5.00 Å². The second kappa shape index (κ2) is 14.5. The number of thiophene rings is 1. The van der Waals surface area contributed by atoms with E-state index in [2.05, 4.69) is 34.9 Å². The minimum atomic E-state index is -0.387. The zero-order chi connectivity index (χ0) is 30.2. The predicted octanol–water partition coefficient (Wildman–Crippen LogP) is 7.89. The fourth-order valence-electron chi connectivity index (χ4n) is 5.42. The standard InChI is InChI=1S/C35H36N2O4S2/c1-3-29(42-27-17-11-16-26(22-27)36-31(38)20-23-12-7-5-8-13-23)33(39)37-34-32(35(40)41-4-2)28-19-18-25(21-30(28)43-34)24-14-9-6-10-15-24/h5-17,22,25,29H,3-4,18-21H2,1-2H3,(H,36,38)(H,37,39). The maximum absolute atomic E-state index is 13.6. The zero-order valence-electron chi connectivity index (χ0n) is 24.4. The number of hydrogen-bond acceptors (Lipinski definition) is 6. The quantitative estimate of drug-likeness (QED) is 0.133. The summed E-state index contributed by atoms with van der Waals surface area (Å²) in [5.74, 6) is -0.256. The van der Waals surface area contributed by atoms with Crippen LogP contribution in [0.3, 0.4) is 0 Å². The Morgan fingerprint density at radius 2 is 1.70 bits per heavy atom. The minimum absolute atomic E-state index is 0.0965. The summed E-state index contributed by atoms with van der Waals surface area (Å²) in [5.41, 5.74) is 4.44. The van der Waals surface area contributed by atoms with Gasteiger partial charge in [0.05, 0.1) is 23.8 Å². The van der Waals surface area contributed by atoms with Crippen molar-refractivity contribution in [1.82, 2.24) is 0 Å². The van der Waals surface area contributed by atoms with Gasteiger partial charge < -0.3 is 15.4 Å². The van der Waals surface area contributed by atoms with Crippen LogP contribution in [0.4, 0.5) is 10.7 Å². The van der Waals surface area contributed by atoms with Crippen molar-refractivity contribution in [2.75, 3.05) is 17.2 Å². The molecule has 43 heavy (non-hydrogen) atoms. The molecule has 2 amide bonds. The lowest BCUT2D eigenvalue weighted by Gasteiger charge is -2.23. The highest BCUT2D eigenvalue weighted by atomic mass is 32.2. The molecule has 2 atom stereocenters. The predicted molar refractivity (Wildman–Crippen MR) is 175 cm³/mol. The minimum Gasteiger partial charge on any atom is -0.462 e. The molecule has 5 rings (SSSR count). The average Bonchev–Trinajstić information content (AvgIpc) is 3.38. The van der Waals surface area contributed by atoms with Crippen LogP contribution in [0.1, 0.15) is 64.5 Å². The molecule has 0 spiro atoms. The number of nitrogens with one attached hydrogen (secondary N) is 2. The summed E-state index contributed by atoms with van der Waals surface area (Å²) >= 11 is 2.94. The monoisotopic (exact) mass is 612 g/mol. The summed E-state index contributed by atoms with van der Waals surface area (Å²) in [6.45, 7) is 4.04. The number of amides is 2. The fraction of sp³-hybridized carbons (Fsp3) is 0.286. The second-order valence-corrected chi connectivity index (χ2v) is 12.9. The lowest BCUT2D eigenvalue weighted by molar-refractivity contribution is -0.116. The summed E-state index contributed by atoms with van der Waals surface area (Å²) in [5, 5.41) is 6.24. The molecule has 222 valence electrons. The number of thioether (sulfide) groups is 1. The molecule has 1 heterocycles. The van der Waals surface area contributed by atoms with Gasteiger partial charge >= 0.3 is 5.97 Å². The Labute approximate surface area is 261 Å². The molecule has 6 nitrogen and oxygen atoms in total. The van der Waals surface area contributed by atoms with Crippen molar-refractivity contribution in [3.05, 3.63) is 112 Å².